The number of carbonyl (C=O) groups excluding carboxylic acids is 1. The van der Waals surface area contributed by atoms with Crippen molar-refractivity contribution in [3.05, 3.63) is 72.6 Å². The third-order valence-corrected chi connectivity index (χ3v) is 5.13. The molecule has 2 heterocycles. The van der Waals surface area contributed by atoms with Crippen molar-refractivity contribution in [1.82, 2.24) is 15.0 Å². The largest absolute Gasteiger partial charge is 0.363 e. The first-order chi connectivity index (χ1) is 14.6. The Morgan fingerprint density at radius 2 is 1.93 bits per heavy atom. The first-order valence-electron chi connectivity index (χ1n) is 9.89. The first kappa shape index (κ1) is 19.4. The number of nitrogens with one attached hydrogen (secondary N) is 2. The molecule has 1 atom stereocenters. The van der Waals surface area contributed by atoms with Gasteiger partial charge in [0.25, 0.3) is 0 Å². The summed E-state index contributed by atoms with van der Waals surface area (Å²) in [4.78, 5) is 25.4. The van der Waals surface area contributed by atoms with Crippen LogP contribution in [0.2, 0.25) is 0 Å². The van der Waals surface area contributed by atoms with Crippen LogP contribution in [-0.4, -0.2) is 27.5 Å². The highest BCUT2D eigenvalue weighted by Gasteiger charge is 2.14. The fraction of sp³-hybridized carbons (Fsp3) is 0.174. The van der Waals surface area contributed by atoms with Gasteiger partial charge in [-0.2, -0.15) is 0 Å². The Bertz CT molecular complexity index is 1170. The fourth-order valence-electron chi connectivity index (χ4n) is 3.55. The second kappa shape index (κ2) is 8.24. The molecule has 2 aromatic carbocycles. The van der Waals surface area contributed by atoms with Crippen LogP contribution >= 0.6 is 0 Å². The van der Waals surface area contributed by atoms with Gasteiger partial charge >= 0.3 is 6.03 Å². The first-order valence-corrected chi connectivity index (χ1v) is 9.89. The highest BCUT2D eigenvalue weighted by molar-refractivity contribution is 5.93. The van der Waals surface area contributed by atoms with Crippen molar-refractivity contribution in [2.24, 2.45) is 5.73 Å². The lowest BCUT2D eigenvalue weighted by molar-refractivity contribution is 0.254. The van der Waals surface area contributed by atoms with Gasteiger partial charge in [0.1, 0.15) is 17.8 Å². The van der Waals surface area contributed by atoms with E-state index in [2.05, 4.69) is 39.3 Å². The second-order valence-corrected chi connectivity index (χ2v) is 7.08. The summed E-state index contributed by atoms with van der Waals surface area (Å²) in [5.74, 6) is 0.766. The molecule has 0 saturated heterocycles. The minimum absolute atomic E-state index is 0.0969. The summed E-state index contributed by atoms with van der Waals surface area (Å²) >= 11 is 0. The van der Waals surface area contributed by atoms with E-state index >= 15 is 0 Å². The van der Waals surface area contributed by atoms with Gasteiger partial charge in [-0.3, -0.25) is 4.90 Å². The summed E-state index contributed by atoms with van der Waals surface area (Å²) in [6.07, 6.45) is 1.55. The molecule has 4 aromatic rings. The Morgan fingerprint density at radius 3 is 2.67 bits per heavy atom. The van der Waals surface area contributed by atoms with Crippen molar-refractivity contribution in [1.29, 1.82) is 0 Å². The van der Waals surface area contributed by atoms with Crippen LogP contribution in [0.15, 0.2) is 67.0 Å². The Morgan fingerprint density at radius 1 is 1.13 bits per heavy atom. The van der Waals surface area contributed by atoms with E-state index in [1.54, 1.807) is 6.33 Å². The molecule has 0 spiro atoms. The zero-order chi connectivity index (χ0) is 21.1. The van der Waals surface area contributed by atoms with Gasteiger partial charge in [-0.1, -0.05) is 42.5 Å². The van der Waals surface area contributed by atoms with Crippen LogP contribution in [0.3, 0.4) is 0 Å². The molecule has 152 valence electrons. The molecule has 4 rings (SSSR count). The van der Waals surface area contributed by atoms with Gasteiger partial charge in [0.2, 0.25) is 0 Å². The van der Waals surface area contributed by atoms with Gasteiger partial charge in [0.05, 0.1) is 5.39 Å². The molecule has 30 heavy (non-hydrogen) atoms. The van der Waals surface area contributed by atoms with Gasteiger partial charge in [-0.25, -0.2) is 14.8 Å². The molecule has 0 aliphatic carbocycles. The van der Waals surface area contributed by atoms with Gasteiger partial charge < -0.3 is 16.0 Å². The summed E-state index contributed by atoms with van der Waals surface area (Å²) in [6.45, 7) is 4.49. The summed E-state index contributed by atoms with van der Waals surface area (Å²) < 4.78 is 0. The smallest absolute Gasteiger partial charge is 0.319 e. The van der Waals surface area contributed by atoms with Crippen LogP contribution in [0.1, 0.15) is 25.5 Å². The predicted molar refractivity (Wildman–Crippen MR) is 120 cm³/mol. The van der Waals surface area contributed by atoms with E-state index < -0.39 is 6.03 Å². The lowest BCUT2D eigenvalue weighted by Gasteiger charge is -2.18. The molecule has 2 amide bonds. The summed E-state index contributed by atoms with van der Waals surface area (Å²) in [5.41, 5.74) is 10.0. The Kier molecular flexibility index (Phi) is 5.34. The molecule has 1 unspecified atom stereocenters. The highest BCUT2D eigenvalue weighted by atomic mass is 16.2. The fourth-order valence-corrected chi connectivity index (χ4v) is 3.55. The maximum Gasteiger partial charge on any atom is 0.319 e. The number of amides is 2. The van der Waals surface area contributed by atoms with Crippen molar-refractivity contribution in [2.45, 2.75) is 19.9 Å². The van der Waals surface area contributed by atoms with Gasteiger partial charge in [-0.15, -0.1) is 0 Å². The molecule has 7 heteroatoms. The number of rotatable bonds is 6. The van der Waals surface area contributed by atoms with E-state index in [0.717, 1.165) is 33.8 Å². The SMILES string of the molecule is CCN(C(N)=O)c1cccc(-c2cc3c(NC(C)c4ccccc4)ncnc3[nH]2)c1. The van der Waals surface area contributed by atoms with Crippen molar-refractivity contribution < 1.29 is 4.79 Å². The second-order valence-electron chi connectivity index (χ2n) is 7.08. The molecule has 0 fully saturated rings. The number of nitrogens with zero attached hydrogens (tertiary/aromatic N) is 3. The van der Waals surface area contributed by atoms with Crippen LogP contribution in [0.25, 0.3) is 22.3 Å². The number of aromatic nitrogens is 3. The molecule has 0 aliphatic rings. The number of fused-ring (bicyclic) bond motifs is 1. The number of urea groups is 1. The molecule has 0 bridgehead atoms. The van der Waals surface area contributed by atoms with Crippen LogP contribution in [0.5, 0.6) is 0 Å². The number of carbonyl (C=O) groups is 1. The highest BCUT2D eigenvalue weighted by Crippen LogP contribution is 2.30. The average molecular weight is 400 g/mol. The van der Waals surface area contributed by atoms with E-state index in [-0.39, 0.29) is 6.04 Å². The maximum absolute atomic E-state index is 11.7. The number of aromatic amines is 1. The molecular formula is C23H24N6O. The van der Waals surface area contributed by atoms with E-state index in [4.69, 9.17) is 5.73 Å². The molecule has 2 aromatic heterocycles. The van der Waals surface area contributed by atoms with Crippen molar-refractivity contribution in [3.63, 3.8) is 0 Å². The third kappa shape index (κ3) is 3.82. The monoisotopic (exact) mass is 400 g/mol. The Balaban J connectivity index is 1.68. The van der Waals surface area contributed by atoms with E-state index in [9.17, 15) is 4.79 Å². The molecule has 7 nitrogen and oxygen atoms in total. The topological polar surface area (TPSA) is 99.9 Å². The van der Waals surface area contributed by atoms with Gasteiger partial charge in [-0.05, 0) is 37.6 Å². The van der Waals surface area contributed by atoms with Crippen LogP contribution < -0.4 is 16.0 Å². The Labute approximate surface area is 175 Å². The number of primary amides is 1. The molecule has 0 radical (unpaired) electrons. The van der Waals surface area contributed by atoms with E-state index in [1.165, 1.54) is 10.5 Å². The molecule has 4 N–H and O–H groups in total. The predicted octanol–water partition coefficient (Wildman–Crippen LogP) is 4.70. The quantitative estimate of drug-likeness (QED) is 0.437. The summed E-state index contributed by atoms with van der Waals surface area (Å²) in [5, 5.41) is 4.38. The third-order valence-electron chi connectivity index (χ3n) is 5.13. The minimum atomic E-state index is -0.474. The zero-order valence-electron chi connectivity index (χ0n) is 17.0. The number of nitrogens with two attached hydrogens (primary N) is 1. The lowest BCUT2D eigenvalue weighted by Crippen LogP contribution is -2.35. The van der Waals surface area contributed by atoms with Crippen LogP contribution in [0, 0.1) is 0 Å². The van der Waals surface area contributed by atoms with Gasteiger partial charge in [0.15, 0.2) is 0 Å². The number of H-pyrrole nitrogens is 1. The minimum Gasteiger partial charge on any atom is -0.363 e. The van der Waals surface area contributed by atoms with E-state index in [0.29, 0.717) is 6.54 Å². The molecular weight excluding hydrogens is 376 g/mol. The molecule has 0 aliphatic heterocycles. The van der Waals surface area contributed by atoms with Crippen molar-refractivity contribution >= 4 is 28.6 Å². The number of hydrogen-bond donors (Lipinski definition) is 3. The normalized spacial score (nSPS) is 11.9. The van der Waals surface area contributed by atoms with E-state index in [1.807, 2.05) is 55.5 Å². The van der Waals surface area contributed by atoms with Crippen molar-refractivity contribution in [3.8, 4) is 11.3 Å². The van der Waals surface area contributed by atoms with Crippen molar-refractivity contribution in [2.75, 3.05) is 16.8 Å². The van der Waals surface area contributed by atoms with Gasteiger partial charge in [0, 0.05) is 29.5 Å². The summed E-state index contributed by atoms with van der Waals surface area (Å²) in [7, 11) is 0. The summed E-state index contributed by atoms with van der Waals surface area (Å²) in [6, 6.07) is 19.6. The average Bonchev–Trinajstić information content (AvgIpc) is 3.20. The number of benzene rings is 2. The standard InChI is InChI=1S/C23H24N6O/c1-3-29(23(24)30)18-11-7-10-17(12-18)20-13-19-21(25-14-26-22(19)28-20)27-15(2)16-8-5-4-6-9-16/h4-15H,3H2,1-2H3,(H2,24,30)(H2,25,26,27,28). The zero-order valence-corrected chi connectivity index (χ0v) is 17.0. The maximum atomic E-state index is 11.7. The molecule has 0 saturated carbocycles. The Hall–Kier alpha value is -3.87. The van der Waals surface area contributed by atoms with Crippen LogP contribution in [0.4, 0.5) is 16.3 Å². The number of anilines is 2. The lowest BCUT2D eigenvalue weighted by atomic mass is 10.1. The van der Waals surface area contributed by atoms with Crippen LogP contribution in [-0.2, 0) is 0 Å². The number of hydrogen-bond acceptors (Lipinski definition) is 4.